The summed E-state index contributed by atoms with van der Waals surface area (Å²) in [5.41, 5.74) is 5.92. The number of hydrogen-bond donors (Lipinski definition) is 3. The monoisotopic (exact) mass is 282 g/mol. The Balaban J connectivity index is 2.51. The van der Waals surface area contributed by atoms with Gasteiger partial charge in [0, 0.05) is 12.6 Å². The summed E-state index contributed by atoms with van der Waals surface area (Å²) in [6.45, 7) is 1.90. The van der Waals surface area contributed by atoms with Crippen molar-refractivity contribution in [2.45, 2.75) is 11.8 Å². The van der Waals surface area contributed by atoms with E-state index in [4.69, 9.17) is 5.73 Å². The molecule has 0 saturated heterocycles. The van der Waals surface area contributed by atoms with Gasteiger partial charge in [0.2, 0.25) is 0 Å². The highest BCUT2D eigenvalue weighted by Crippen LogP contribution is 2.27. The second-order valence-electron chi connectivity index (χ2n) is 3.84. The van der Waals surface area contributed by atoms with Gasteiger partial charge in [0.25, 0.3) is 10.0 Å². The van der Waals surface area contributed by atoms with Crippen LogP contribution in [0.4, 0.5) is 11.5 Å². The molecule has 1 heterocycles. The number of rotatable bonds is 4. The SMILES string of the molecule is CCN(c1cccc(O)c1)S(=O)(=O)c1cn[nH]c1N. The number of H-pyrrole nitrogens is 1. The Labute approximate surface area is 110 Å². The maximum atomic E-state index is 12.5. The molecule has 8 heteroatoms. The van der Waals surface area contributed by atoms with E-state index in [9.17, 15) is 13.5 Å². The topological polar surface area (TPSA) is 112 Å². The van der Waals surface area contributed by atoms with Crippen LogP contribution >= 0.6 is 0 Å². The quantitative estimate of drug-likeness (QED) is 0.771. The molecule has 2 rings (SSSR count). The fourth-order valence-electron chi connectivity index (χ4n) is 1.75. The number of nitrogens with one attached hydrogen (secondary N) is 1. The number of sulfonamides is 1. The number of anilines is 2. The Morgan fingerprint density at radius 1 is 1.47 bits per heavy atom. The predicted octanol–water partition coefficient (Wildman–Crippen LogP) is 0.913. The first-order chi connectivity index (χ1) is 8.96. The van der Waals surface area contributed by atoms with Gasteiger partial charge in [-0.3, -0.25) is 9.40 Å². The zero-order chi connectivity index (χ0) is 14.0. The van der Waals surface area contributed by atoms with Crippen LogP contribution in [0.3, 0.4) is 0 Å². The lowest BCUT2D eigenvalue weighted by molar-refractivity contribution is 0.475. The lowest BCUT2D eigenvalue weighted by atomic mass is 10.3. The van der Waals surface area contributed by atoms with Crippen molar-refractivity contribution < 1.29 is 13.5 Å². The van der Waals surface area contributed by atoms with Crippen molar-refractivity contribution in [1.29, 1.82) is 0 Å². The third-order valence-electron chi connectivity index (χ3n) is 2.61. The fraction of sp³-hybridized carbons (Fsp3) is 0.182. The molecule has 0 bridgehead atoms. The number of nitrogens with zero attached hydrogens (tertiary/aromatic N) is 2. The molecule has 1 aromatic carbocycles. The number of aromatic nitrogens is 2. The average molecular weight is 282 g/mol. The molecule has 7 nitrogen and oxygen atoms in total. The minimum absolute atomic E-state index is 0.00804. The van der Waals surface area contributed by atoms with Crippen molar-refractivity contribution >= 4 is 21.5 Å². The van der Waals surface area contributed by atoms with E-state index in [0.717, 1.165) is 10.5 Å². The molecule has 0 aliphatic heterocycles. The van der Waals surface area contributed by atoms with Crippen molar-refractivity contribution in [3.05, 3.63) is 30.5 Å². The van der Waals surface area contributed by atoms with Crippen molar-refractivity contribution in [2.75, 3.05) is 16.6 Å². The molecule has 2 aromatic rings. The van der Waals surface area contributed by atoms with E-state index in [2.05, 4.69) is 10.2 Å². The first-order valence-electron chi connectivity index (χ1n) is 5.57. The largest absolute Gasteiger partial charge is 0.508 e. The highest BCUT2D eigenvalue weighted by molar-refractivity contribution is 7.93. The summed E-state index contributed by atoms with van der Waals surface area (Å²) in [7, 11) is -3.80. The summed E-state index contributed by atoms with van der Waals surface area (Å²) in [4.78, 5) is -0.0855. The van der Waals surface area contributed by atoms with Gasteiger partial charge in [0.15, 0.2) is 0 Å². The number of aromatic amines is 1. The van der Waals surface area contributed by atoms with Crippen LogP contribution in [0, 0.1) is 0 Å². The van der Waals surface area contributed by atoms with Gasteiger partial charge < -0.3 is 10.8 Å². The Bertz CT molecular complexity index is 681. The Morgan fingerprint density at radius 3 is 2.74 bits per heavy atom. The summed E-state index contributed by atoms with van der Waals surface area (Å²) in [5.74, 6) is -0.0232. The highest BCUT2D eigenvalue weighted by Gasteiger charge is 2.27. The molecule has 0 saturated carbocycles. The van der Waals surface area contributed by atoms with Gasteiger partial charge in [-0.25, -0.2) is 8.42 Å². The van der Waals surface area contributed by atoms with Gasteiger partial charge in [-0.2, -0.15) is 5.10 Å². The normalized spacial score (nSPS) is 11.4. The Morgan fingerprint density at radius 2 is 2.21 bits per heavy atom. The highest BCUT2D eigenvalue weighted by atomic mass is 32.2. The van der Waals surface area contributed by atoms with E-state index in [-0.39, 0.29) is 23.0 Å². The van der Waals surface area contributed by atoms with E-state index in [1.165, 1.54) is 12.1 Å². The number of phenolic OH excluding ortho intramolecular Hbond substituents is 1. The molecule has 1 aromatic heterocycles. The van der Waals surface area contributed by atoms with Crippen LogP contribution in [0.5, 0.6) is 5.75 Å². The molecule has 0 amide bonds. The second kappa shape index (κ2) is 4.81. The molecule has 0 atom stereocenters. The van der Waals surface area contributed by atoms with Crippen LogP contribution in [-0.4, -0.2) is 30.3 Å². The smallest absolute Gasteiger partial charge is 0.269 e. The molecule has 0 fully saturated rings. The third kappa shape index (κ3) is 2.34. The van der Waals surface area contributed by atoms with E-state index < -0.39 is 10.0 Å². The zero-order valence-corrected chi connectivity index (χ0v) is 11.1. The van der Waals surface area contributed by atoms with E-state index in [1.54, 1.807) is 19.1 Å². The second-order valence-corrected chi connectivity index (χ2v) is 5.67. The number of nitrogens with two attached hydrogens (primary N) is 1. The molecular weight excluding hydrogens is 268 g/mol. The van der Waals surface area contributed by atoms with Gasteiger partial charge in [-0.15, -0.1) is 0 Å². The maximum absolute atomic E-state index is 12.5. The van der Waals surface area contributed by atoms with Gasteiger partial charge in [-0.1, -0.05) is 6.07 Å². The fourth-order valence-corrected chi connectivity index (χ4v) is 3.23. The van der Waals surface area contributed by atoms with Crippen molar-refractivity contribution in [3.63, 3.8) is 0 Å². The number of benzene rings is 1. The van der Waals surface area contributed by atoms with Gasteiger partial charge >= 0.3 is 0 Å². The maximum Gasteiger partial charge on any atom is 0.269 e. The molecular formula is C11H14N4O3S. The van der Waals surface area contributed by atoms with Crippen LogP contribution in [-0.2, 0) is 10.0 Å². The van der Waals surface area contributed by atoms with Crippen LogP contribution in [0.25, 0.3) is 0 Å². The van der Waals surface area contributed by atoms with E-state index in [1.807, 2.05) is 0 Å². The molecule has 0 aliphatic rings. The van der Waals surface area contributed by atoms with Crippen LogP contribution < -0.4 is 10.0 Å². The van der Waals surface area contributed by atoms with Crippen molar-refractivity contribution in [1.82, 2.24) is 10.2 Å². The van der Waals surface area contributed by atoms with E-state index >= 15 is 0 Å². The first-order valence-corrected chi connectivity index (χ1v) is 7.01. The van der Waals surface area contributed by atoms with Crippen LogP contribution in [0.2, 0.25) is 0 Å². The van der Waals surface area contributed by atoms with Gasteiger partial charge in [-0.05, 0) is 19.1 Å². The first kappa shape index (κ1) is 13.2. The summed E-state index contributed by atoms with van der Waals surface area (Å²) in [6, 6.07) is 6.01. The van der Waals surface area contributed by atoms with Crippen LogP contribution in [0.1, 0.15) is 6.92 Å². The van der Waals surface area contributed by atoms with Crippen molar-refractivity contribution in [2.24, 2.45) is 0 Å². The summed E-state index contributed by atoms with van der Waals surface area (Å²) in [6.07, 6.45) is 1.16. The Hall–Kier alpha value is -2.22. The molecule has 0 unspecified atom stereocenters. The molecule has 0 spiro atoms. The minimum atomic E-state index is -3.80. The summed E-state index contributed by atoms with van der Waals surface area (Å²) < 4.78 is 26.1. The van der Waals surface area contributed by atoms with Gasteiger partial charge in [0.1, 0.15) is 16.5 Å². The van der Waals surface area contributed by atoms with Crippen LogP contribution in [0.15, 0.2) is 35.4 Å². The van der Waals surface area contributed by atoms with Gasteiger partial charge in [0.05, 0.1) is 11.9 Å². The molecule has 19 heavy (non-hydrogen) atoms. The Kier molecular flexibility index (Phi) is 3.34. The summed E-state index contributed by atoms with van der Waals surface area (Å²) >= 11 is 0. The molecule has 0 aliphatic carbocycles. The molecule has 4 N–H and O–H groups in total. The number of nitrogen functional groups attached to an aromatic ring is 1. The zero-order valence-electron chi connectivity index (χ0n) is 10.2. The lowest BCUT2D eigenvalue weighted by Gasteiger charge is -2.22. The minimum Gasteiger partial charge on any atom is -0.508 e. The molecule has 0 radical (unpaired) electrons. The molecule has 102 valence electrons. The number of aromatic hydroxyl groups is 1. The third-order valence-corrected chi connectivity index (χ3v) is 4.54. The summed E-state index contributed by atoms with van der Waals surface area (Å²) in [5, 5.41) is 15.4. The number of hydrogen-bond acceptors (Lipinski definition) is 5. The lowest BCUT2D eigenvalue weighted by Crippen LogP contribution is -2.31. The number of phenols is 1. The standard InChI is InChI=1S/C11H14N4O3S/c1-2-15(8-4-3-5-9(16)6-8)19(17,18)10-7-13-14-11(10)12/h3-7,16H,2H2,1H3,(H3,12,13,14). The van der Waals surface area contributed by atoms with Crippen molar-refractivity contribution in [3.8, 4) is 5.75 Å². The average Bonchev–Trinajstić information content (AvgIpc) is 2.77. The predicted molar refractivity (Wildman–Crippen MR) is 71.3 cm³/mol. The van der Waals surface area contributed by atoms with E-state index in [0.29, 0.717) is 5.69 Å².